The Bertz CT molecular complexity index is 2280. The summed E-state index contributed by atoms with van der Waals surface area (Å²) in [6, 6.07) is 57.0. The maximum Gasteiger partial charge on any atom is 0.0322 e. The molecular weight excluding hydrogens is 492 g/mol. The van der Waals surface area contributed by atoms with E-state index in [9.17, 15) is 0 Å². The van der Waals surface area contributed by atoms with Gasteiger partial charge >= 0.3 is 0 Å². The molecule has 190 valence electrons. The van der Waals surface area contributed by atoms with Crippen molar-refractivity contribution in [2.75, 3.05) is 0 Å². The fourth-order valence-corrected chi connectivity index (χ4v) is 6.17. The van der Waals surface area contributed by atoms with E-state index < -0.39 is 0 Å². The molecule has 0 aliphatic heterocycles. The Morgan fingerprint density at radius 3 is 1.76 bits per heavy atom. The molecule has 8 rings (SSSR count). The van der Waals surface area contributed by atoms with E-state index in [0.29, 0.717) is 0 Å². The zero-order valence-electron chi connectivity index (χ0n) is 22.5. The number of hydrogen-bond donors (Lipinski definition) is 0. The third-order valence-electron chi connectivity index (χ3n) is 8.20. The molecule has 0 aromatic heterocycles. The highest BCUT2D eigenvalue weighted by Gasteiger charge is 2.18. The van der Waals surface area contributed by atoms with E-state index in [1.807, 2.05) is 0 Å². The second-order valence-electron chi connectivity index (χ2n) is 10.7. The molecule has 0 saturated heterocycles. The molecule has 0 bridgehead atoms. The van der Waals surface area contributed by atoms with Gasteiger partial charge in [0.15, 0.2) is 0 Å². The molecule has 1 aliphatic carbocycles. The molecule has 0 unspecified atom stereocenters. The van der Waals surface area contributed by atoms with Crippen molar-refractivity contribution >= 4 is 38.4 Å². The zero-order chi connectivity index (χ0) is 27.2. The van der Waals surface area contributed by atoms with Crippen molar-refractivity contribution in [2.24, 2.45) is 0 Å². The van der Waals surface area contributed by atoms with Gasteiger partial charge in [-0.05, 0) is 90.0 Å². The van der Waals surface area contributed by atoms with Crippen molar-refractivity contribution in [3.63, 3.8) is 0 Å². The highest BCUT2D eigenvalue weighted by atomic mass is 14.2. The maximum atomic E-state index is 3.86. The Morgan fingerprint density at radius 2 is 0.902 bits per heavy atom. The van der Waals surface area contributed by atoms with Crippen molar-refractivity contribution in [1.29, 1.82) is 0 Å². The van der Waals surface area contributed by atoms with Crippen molar-refractivity contribution in [1.82, 2.24) is 0 Å². The van der Waals surface area contributed by atoms with Crippen molar-refractivity contribution in [3.05, 3.63) is 190 Å². The van der Waals surface area contributed by atoms with Gasteiger partial charge in [-0.3, -0.25) is 0 Å². The summed E-state index contributed by atoms with van der Waals surface area (Å²) in [6.07, 6.45) is 0. The third kappa shape index (κ3) is 4.10. The summed E-state index contributed by atoms with van der Waals surface area (Å²) < 4.78 is 0. The Balaban J connectivity index is 1.38. The second kappa shape index (κ2) is 9.65. The fraction of sp³-hybridized carbons (Fsp3) is 0. The molecule has 0 heteroatoms. The minimum Gasteiger partial charge on any atom is -0.103 e. The van der Waals surface area contributed by atoms with Crippen LogP contribution >= 0.6 is 0 Å². The summed E-state index contributed by atoms with van der Waals surface area (Å²) in [7, 11) is 0. The summed E-state index contributed by atoms with van der Waals surface area (Å²) in [5, 5.41) is 7.28. The zero-order valence-corrected chi connectivity index (χ0v) is 22.5. The predicted molar refractivity (Wildman–Crippen MR) is 173 cm³/mol. The normalized spacial score (nSPS) is 12.3. The summed E-state index contributed by atoms with van der Waals surface area (Å²) >= 11 is 0. The van der Waals surface area contributed by atoms with Crippen LogP contribution in [0, 0.1) is 0 Å². The van der Waals surface area contributed by atoms with Gasteiger partial charge in [0, 0.05) is 10.8 Å². The minimum atomic E-state index is 1.11. The maximum absolute atomic E-state index is 3.86. The molecule has 7 aromatic rings. The molecule has 0 spiro atoms. The molecule has 41 heavy (non-hydrogen) atoms. The first-order valence-electron chi connectivity index (χ1n) is 14.1. The first kappa shape index (κ1) is 23.5. The van der Waals surface area contributed by atoms with E-state index in [1.54, 1.807) is 0 Å². The van der Waals surface area contributed by atoms with Crippen LogP contribution in [-0.4, -0.2) is 0 Å². The van der Waals surface area contributed by atoms with Crippen LogP contribution in [0.1, 0.15) is 22.3 Å². The molecule has 7 aromatic carbocycles. The molecule has 0 radical (unpaired) electrons. The number of hydrogen-bond acceptors (Lipinski definition) is 0. The van der Waals surface area contributed by atoms with Gasteiger partial charge in [-0.2, -0.15) is 0 Å². The topological polar surface area (TPSA) is 0 Å². The third-order valence-corrected chi connectivity index (χ3v) is 8.20. The van der Waals surface area contributed by atoms with Gasteiger partial charge in [-0.1, -0.05) is 133 Å². The monoisotopic (exact) mass is 518 g/mol. The van der Waals surface area contributed by atoms with E-state index >= 15 is 0 Å². The quantitative estimate of drug-likeness (QED) is 0.219. The van der Waals surface area contributed by atoms with Gasteiger partial charge in [0.25, 0.3) is 0 Å². The summed E-state index contributed by atoms with van der Waals surface area (Å²) in [5.41, 5.74) is 13.5. The Morgan fingerprint density at radius 1 is 0.341 bits per heavy atom. The Hall–Kier alpha value is -5.42. The lowest BCUT2D eigenvalue weighted by Gasteiger charge is -2.16. The SMILES string of the molecule is C1=C(c2ccc3ccccc3c2)c2ccccc2C(c2ccc3cc(-c4ccccc4)ccc3c2)=c2ccccc2=1. The second-order valence-corrected chi connectivity index (χ2v) is 10.7. The van der Waals surface area contributed by atoms with Gasteiger partial charge in [-0.15, -0.1) is 5.73 Å². The first-order chi connectivity index (χ1) is 20.3. The van der Waals surface area contributed by atoms with E-state index in [0.717, 1.165) is 10.8 Å². The number of benzene rings is 7. The van der Waals surface area contributed by atoms with Gasteiger partial charge in [-0.25, -0.2) is 0 Å². The van der Waals surface area contributed by atoms with E-state index in [4.69, 9.17) is 0 Å². The van der Waals surface area contributed by atoms with Gasteiger partial charge < -0.3 is 0 Å². The standard InChI is InChI=1S/C41H26/c1-2-10-28(11-3-1)31-19-20-33-26-36(23-21-32(33)24-31)41-37-15-7-6-14-34(37)27-40(38-16-8-9-17-39(38)41)35-22-18-29-12-4-5-13-30(29)25-35/h1-26H. The molecule has 0 nitrogen and oxygen atoms in total. The highest BCUT2D eigenvalue weighted by Crippen LogP contribution is 2.35. The molecular formula is C41H26. The molecule has 0 saturated carbocycles. The molecule has 0 amide bonds. The van der Waals surface area contributed by atoms with Crippen LogP contribution < -0.4 is 10.4 Å². The van der Waals surface area contributed by atoms with Crippen LogP contribution in [0.2, 0.25) is 0 Å². The summed E-state index contributed by atoms with van der Waals surface area (Å²) in [4.78, 5) is 0. The molecule has 1 aliphatic rings. The van der Waals surface area contributed by atoms with Crippen LogP contribution in [0.25, 0.3) is 49.5 Å². The average molecular weight is 519 g/mol. The van der Waals surface area contributed by atoms with E-state index in [-0.39, 0.29) is 0 Å². The van der Waals surface area contributed by atoms with Gasteiger partial charge in [0.05, 0.1) is 0 Å². The summed E-state index contributed by atoms with van der Waals surface area (Å²) in [5.74, 6) is 0. The van der Waals surface area contributed by atoms with Crippen LogP contribution in [0.15, 0.2) is 158 Å². The van der Waals surface area contributed by atoms with Gasteiger partial charge in [0.1, 0.15) is 0 Å². The average Bonchev–Trinajstić information content (AvgIpc) is 3.19. The van der Waals surface area contributed by atoms with E-state index in [1.165, 1.54) is 65.7 Å². The minimum absolute atomic E-state index is 1.11. The van der Waals surface area contributed by atoms with Gasteiger partial charge in [0.2, 0.25) is 0 Å². The molecule has 0 N–H and O–H groups in total. The largest absolute Gasteiger partial charge is 0.103 e. The van der Waals surface area contributed by atoms with Crippen LogP contribution in [0.3, 0.4) is 0 Å². The smallest absolute Gasteiger partial charge is 0.0322 e. The van der Waals surface area contributed by atoms with E-state index in [2.05, 4.69) is 163 Å². The van der Waals surface area contributed by atoms with Crippen molar-refractivity contribution < 1.29 is 0 Å². The molecule has 0 heterocycles. The fourth-order valence-electron chi connectivity index (χ4n) is 6.17. The van der Waals surface area contributed by atoms with Crippen LogP contribution in [0.5, 0.6) is 0 Å². The van der Waals surface area contributed by atoms with Crippen LogP contribution in [0.4, 0.5) is 0 Å². The lowest BCUT2D eigenvalue weighted by atomic mass is 9.87. The first-order valence-corrected chi connectivity index (χ1v) is 14.1. The number of fused-ring (bicyclic) bond motifs is 4. The highest BCUT2D eigenvalue weighted by molar-refractivity contribution is 5.99. The Kier molecular flexibility index (Phi) is 5.52. The lowest BCUT2D eigenvalue weighted by Crippen LogP contribution is -2.26. The van der Waals surface area contributed by atoms with Crippen molar-refractivity contribution in [2.45, 2.75) is 0 Å². The number of rotatable bonds is 3. The summed E-state index contributed by atoms with van der Waals surface area (Å²) in [6.45, 7) is 0. The van der Waals surface area contributed by atoms with Crippen molar-refractivity contribution in [3.8, 4) is 11.1 Å². The lowest BCUT2D eigenvalue weighted by molar-refractivity contribution is 1.45. The van der Waals surface area contributed by atoms with Crippen LogP contribution in [-0.2, 0) is 0 Å². The molecule has 0 atom stereocenters. The predicted octanol–water partition coefficient (Wildman–Crippen LogP) is 8.73. The Labute approximate surface area is 239 Å². The molecule has 0 fully saturated rings.